The quantitative estimate of drug-likeness (QED) is 0.346. The van der Waals surface area contributed by atoms with E-state index in [2.05, 4.69) is 24.6 Å². The van der Waals surface area contributed by atoms with E-state index in [1.54, 1.807) is 24.3 Å². The largest absolute Gasteiger partial charge is 0.573 e. The first-order valence-electron chi connectivity index (χ1n) is 8.79. The number of rotatable bonds is 6. The predicted octanol–water partition coefficient (Wildman–Crippen LogP) is 4.51. The fourth-order valence-corrected chi connectivity index (χ4v) is 4.92. The Morgan fingerprint density at radius 1 is 1.06 bits per heavy atom. The molecule has 0 aliphatic carbocycles. The molecular formula is C19H13F3N4O4S2. The molecule has 8 nitrogen and oxygen atoms in total. The highest BCUT2D eigenvalue weighted by Gasteiger charge is 2.34. The minimum absolute atomic E-state index is 0.0437. The number of hydrogen-bond acceptors (Lipinski definition) is 7. The van der Waals surface area contributed by atoms with Crippen LogP contribution >= 0.6 is 11.8 Å². The summed E-state index contributed by atoms with van der Waals surface area (Å²) in [7, 11) is -4.50. The van der Waals surface area contributed by atoms with Gasteiger partial charge < -0.3 is 9.84 Å². The molecule has 0 spiro atoms. The van der Waals surface area contributed by atoms with Crippen LogP contribution in [0.25, 0.3) is 10.8 Å². The summed E-state index contributed by atoms with van der Waals surface area (Å²) in [5, 5.41) is 18.0. The molecule has 3 aromatic carbocycles. The molecule has 0 atom stereocenters. The van der Waals surface area contributed by atoms with Crippen LogP contribution in [0, 0.1) is 0 Å². The van der Waals surface area contributed by atoms with Gasteiger partial charge >= 0.3 is 6.36 Å². The Labute approximate surface area is 183 Å². The van der Waals surface area contributed by atoms with Crippen molar-refractivity contribution >= 4 is 38.2 Å². The van der Waals surface area contributed by atoms with Crippen molar-refractivity contribution in [3.8, 4) is 11.5 Å². The van der Waals surface area contributed by atoms with Gasteiger partial charge in [0, 0.05) is 10.8 Å². The summed E-state index contributed by atoms with van der Waals surface area (Å²) in [6.07, 6.45) is -3.81. The zero-order valence-electron chi connectivity index (χ0n) is 15.8. The zero-order chi connectivity index (χ0) is 22.9. The topological polar surface area (TPSA) is 117 Å². The van der Waals surface area contributed by atoms with Gasteiger partial charge in [0.15, 0.2) is 5.16 Å². The van der Waals surface area contributed by atoms with Gasteiger partial charge in [0.05, 0.1) is 10.6 Å². The van der Waals surface area contributed by atoms with Crippen molar-refractivity contribution < 1.29 is 31.4 Å². The monoisotopic (exact) mass is 482 g/mol. The summed E-state index contributed by atoms with van der Waals surface area (Å²) >= 11 is 0.995. The Morgan fingerprint density at radius 3 is 2.44 bits per heavy atom. The number of aromatic nitrogens is 3. The number of ether oxygens (including phenoxy) is 1. The normalized spacial score (nSPS) is 12.1. The fourth-order valence-electron chi connectivity index (χ4n) is 2.93. The van der Waals surface area contributed by atoms with Crippen molar-refractivity contribution in [2.24, 2.45) is 0 Å². The van der Waals surface area contributed by atoms with E-state index in [9.17, 15) is 26.7 Å². The Hall–Kier alpha value is -3.45. The highest BCUT2D eigenvalue weighted by Crippen LogP contribution is 2.42. The highest BCUT2D eigenvalue weighted by atomic mass is 32.2. The van der Waals surface area contributed by atoms with Gasteiger partial charge in [-0.3, -0.25) is 9.82 Å². The van der Waals surface area contributed by atoms with Crippen molar-refractivity contribution in [1.29, 1.82) is 0 Å². The number of fused-ring (bicyclic) bond motifs is 1. The van der Waals surface area contributed by atoms with Crippen LogP contribution < -0.4 is 9.46 Å². The number of halogens is 3. The van der Waals surface area contributed by atoms with Crippen LogP contribution in [0.4, 0.5) is 18.9 Å². The lowest BCUT2D eigenvalue weighted by Gasteiger charge is -2.16. The molecule has 0 saturated heterocycles. The first kappa shape index (κ1) is 21.8. The molecule has 4 rings (SSSR count). The van der Waals surface area contributed by atoms with Gasteiger partial charge in [0.2, 0.25) is 0 Å². The summed E-state index contributed by atoms with van der Waals surface area (Å²) in [4.78, 5) is 3.51. The predicted molar refractivity (Wildman–Crippen MR) is 110 cm³/mol. The number of phenols is 1. The molecule has 13 heteroatoms. The molecule has 0 saturated carbocycles. The lowest BCUT2D eigenvalue weighted by atomic mass is 10.1. The number of nitrogens with zero attached hydrogens (tertiary/aromatic N) is 2. The first-order chi connectivity index (χ1) is 15.1. The molecule has 1 heterocycles. The van der Waals surface area contributed by atoms with Gasteiger partial charge in [-0.2, -0.15) is 5.10 Å². The Kier molecular flexibility index (Phi) is 5.60. The Balaban J connectivity index is 1.80. The maximum Gasteiger partial charge on any atom is 0.573 e. The second-order valence-corrected chi connectivity index (χ2v) is 8.99. The molecule has 32 heavy (non-hydrogen) atoms. The maximum absolute atomic E-state index is 13.0. The summed E-state index contributed by atoms with van der Waals surface area (Å²) in [6, 6.07) is 12.2. The molecule has 0 unspecified atom stereocenters. The number of H-pyrrole nitrogens is 1. The van der Waals surface area contributed by atoms with E-state index in [4.69, 9.17) is 0 Å². The van der Waals surface area contributed by atoms with Gasteiger partial charge in [0.1, 0.15) is 22.7 Å². The molecule has 0 radical (unpaired) electrons. The third-order valence-corrected chi connectivity index (χ3v) is 6.52. The molecule has 0 aliphatic heterocycles. The van der Waals surface area contributed by atoms with E-state index in [1.165, 1.54) is 24.5 Å². The summed E-state index contributed by atoms with van der Waals surface area (Å²) in [6.45, 7) is 0. The number of anilines is 1. The second-order valence-electron chi connectivity index (χ2n) is 6.31. The first-order valence-corrected chi connectivity index (χ1v) is 11.1. The van der Waals surface area contributed by atoms with Crippen LogP contribution in [0.3, 0.4) is 0 Å². The van der Waals surface area contributed by atoms with E-state index in [-0.39, 0.29) is 16.3 Å². The van der Waals surface area contributed by atoms with Gasteiger partial charge in [-0.05, 0) is 30.0 Å². The summed E-state index contributed by atoms with van der Waals surface area (Å²) < 4.78 is 70.4. The van der Waals surface area contributed by atoms with E-state index in [1.807, 2.05) is 0 Å². The van der Waals surface area contributed by atoms with E-state index in [0.717, 1.165) is 23.9 Å². The zero-order valence-corrected chi connectivity index (χ0v) is 17.4. The SMILES string of the molecule is O=S(=O)(Nc1cc(Sc2ncn[nH]2)c(O)c2ccccc12)c1ccccc1OC(F)(F)F. The molecule has 0 amide bonds. The van der Waals surface area contributed by atoms with E-state index >= 15 is 0 Å². The average molecular weight is 482 g/mol. The van der Waals surface area contributed by atoms with Crippen LogP contribution in [-0.2, 0) is 10.0 Å². The Morgan fingerprint density at radius 2 is 1.75 bits per heavy atom. The number of nitrogens with one attached hydrogen (secondary N) is 2. The lowest BCUT2D eigenvalue weighted by Crippen LogP contribution is -2.21. The van der Waals surface area contributed by atoms with Crippen molar-refractivity contribution in [2.45, 2.75) is 21.3 Å². The van der Waals surface area contributed by atoms with Gasteiger partial charge in [0.25, 0.3) is 10.0 Å². The van der Waals surface area contributed by atoms with Gasteiger partial charge in [-0.25, -0.2) is 13.4 Å². The molecule has 0 aliphatic rings. The molecule has 0 fully saturated rings. The molecule has 0 bridgehead atoms. The van der Waals surface area contributed by atoms with Crippen molar-refractivity contribution in [3.63, 3.8) is 0 Å². The molecule has 1 aromatic heterocycles. The average Bonchev–Trinajstić information content (AvgIpc) is 3.23. The number of hydrogen-bond donors (Lipinski definition) is 3. The second kappa shape index (κ2) is 8.24. The van der Waals surface area contributed by atoms with Crippen LogP contribution in [0.2, 0.25) is 0 Å². The number of aromatic hydroxyl groups is 1. The highest BCUT2D eigenvalue weighted by molar-refractivity contribution is 7.99. The molecule has 166 valence electrons. The number of benzene rings is 3. The Bertz CT molecular complexity index is 1380. The van der Waals surface area contributed by atoms with Crippen molar-refractivity contribution in [2.75, 3.05) is 4.72 Å². The van der Waals surface area contributed by atoms with Crippen molar-refractivity contribution in [3.05, 3.63) is 60.9 Å². The van der Waals surface area contributed by atoms with Gasteiger partial charge in [-0.15, -0.1) is 13.2 Å². The number of phenolic OH excluding ortho intramolecular Hbond substituents is 1. The maximum atomic E-state index is 13.0. The van der Waals surface area contributed by atoms with Crippen LogP contribution in [0.5, 0.6) is 11.5 Å². The standard InChI is InChI=1S/C19H13F3N4O4S2/c20-19(21,22)30-14-7-3-4-8-16(14)32(28,29)26-13-9-15(31-18-23-10-24-25-18)17(27)12-6-2-1-5-11(12)13/h1-10,26-27H,(H,23,24,25). The minimum atomic E-state index is -5.07. The van der Waals surface area contributed by atoms with Crippen LogP contribution in [0.1, 0.15) is 0 Å². The van der Waals surface area contributed by atoms with E-state index < -0.39 is 27.0 Å². The minimum Gasteiger partial charge on any atom is -0.506 e. The third-order valence-electron chi connectivity index (χ3n) is 4.19. The van der Waals surface area contributed by atoms with Gasteiger partial charge in [-0.1, -0.05) is 36.4 Å². The van der Waals surface area contributed by atoms with E-state index in [0.29, 0.717) is 15.9 Å². The summed E-state index contributed by atoms with van der Waals surface area (Å²) in [5.74, 6) is -0.988. The third kappa shape index (κ3) is 4.57. The number of alkyl halides is 3. The smallest absolute Gasteiger partial charge is 0.506 e. The summed E-state index contributed by atoms with van der Waals surface area (Å²) in [5.41, 5.74) is 0.0437. The molecule has 4 aromatic rings. The number of para-hydroxylation sites is 1. The fraction of sp³-hybridized carbons (Fsp3) is 0.0526. The van der Waals surface area contributed by atoms with Crippen LogP contribution in [0.15, 0.2) is 75.9 Å². The van der Waals surface area contributed by atoms with Crippen LogP contribution in [-0.4, -0.2) is 35.1 Å². The molecule has 3 N–H and O–H groups in total. The molecular weight excluding hydrogens is 469 g/mol. The number of sulfonamides is 1. The lowest BCUT2D eigenvalue weighted by molar-refractivity contribution is -0.275. The number of aromatic amines is 1. The van der Waals surface area contributed by atoms with Crippen molar-refractivity contribution in [1.82, 2.24) is 15.2 Å².